The lowest BCUT2D eigenvalue weighted by molar-refractivity contribution is 0.0159. The molecule has 10 heteroatoms. The molecule has 5 rings (SSSR count). The highest BCUT2D eigenvalue weighted by molar-refractivity contribution is 6.03. The number of carbonyl (C=O) groups is 2. The van der Waals surface area contributed by atoms with Crippen molar-refractivity contribution in [3.8, 4) is 0 Å². The topological polar surface area (TPSA) is 95.3 Å². The van der Waals surface area contributed by atoms with Gasteiger partial charge in [0, 0.05) is 61.6 Å². The Balaban J connectivity index is 1.31. The summed E-state index contributed by atoms with van der Waals surface area (Å²) in [4.78, 5) is 36.3. The Labute approximate surface area is 217 Å². The summed E-state index contributed by atoms with van der Waals surface area (Å²) in [6, 6.07) is 5.74. The minimum Gasteiger partial charge on any atom is -0.444 e. The second kappa shape index (κ2) is 9.24. The molecule has 196 valence electrons. The standard InChI is InChI=1S/C27H35N7O3/c1-17-15-34-20(13-18(2)30-34)14-22(17)29-25(35)33-10-8-21-23(7-9-28-24(21)33)31-11-12-32(19(3)16-31)26(36)37-27(4,5)6/h7,9,13-15,19H,8,10-12,16H2,1-6H3,(H,29,35)/t19-/m0/s1. The molecule has 37 heavy (non-hydrogen) atoms. The van der Waals surface area contributed by atoms with Gasteiger partial charge in [-0.2, -0.15) is 5.10 Å². The first-order valence-electron chi connectivity index (χ1n) is 12.8. The number of nitrogens with zero attached hydrogens (tertiary/aromatic N) is 6. The summed E-state index contributed by atoms with van der Waals surface area (Å²) in [6.45, 7) is 14.1. The van der Waals surface area contributed by atoms with E-state index >= 15 is 0 Å². The predicted molar refractivity (Wildman–Crippen MR) is 144 cm³/mol. The normalized spacial score (nSPS) is 17.8. The van der Waals surface area contributed by atoms with Crippen LogP contribution in [0.1, 0.15) is 44.5 Å². The van der Waals surface area contributed by atoms with Crippen LogP contribution in [0.3, 0.4) is 0 Å². The smallest absolute Gasteiger partial charge is 0.410 e. The summed E-state index contributed by atoms with van der Waals surface area (Å²) < 4.78 is 7.41. The van der Waals surface area contributed by atoms with Crippen molar-refractivity contribution < 1.29 is 14.3 Å². The number of fused-ring (bicyclic) bond motifs is 2. The van der Waals surface area contributed by atoms with Gasteiger partial charge < -0.3 is 19.9 Å². The Bertz CT molecular complexity index is 1360. The molecule has 0 radical (unpaired) electrons. The lowest BCUT2D eigenvalue weighted by atomic mass is 10.1. The SMILES string of the molecule is Cc1cc2cc(NC(=O)N3CCc4c(N5CCN(C(=O)OC(C)(C)C)[C@@H](C)C5)ccnc43)c(C)cn2n1. The number of ether oxygens (including phenoxy) is 1. The van der Waals surface area contributed by atoms with E-state index in [1.807, 2.05) is 70.5 Å². The van der Waals surface area contributed by atoms with Crippen molar-refractivity contribution in [2.45, 2.75) is 59.6 Å². The minimum atomic E-state index is -0.522. The van der Waals surface area contributed by atoms with Gasteiger partial charge in [0.1, 0.15) is 11.4 Å². The van der Waals surface area contributed by atoms with Gasteiger partial charge in [0.25, 0.3) is 0 Å². The summed E-state index contributed by atoms with van der Waals surface area (Å²) in [5, 5.41) is 7.51. The van der Waals surface area contributed by atoms with Crippen molar-refractivity contribution in [2.75, 3.05) is 41.3 Å². The molecule has 1 atom stereocenters. The molecular formula is C27H35N7O3. The van der Waals surface area contributed by atoms with E-state index in [4.69, 9.17) is 4.74 Å². The monoisotopic (exact) mass is 505 g/mol. The number of nitrogens with one attached hydrogen (secondary N) is 1. The van der Waals surface area contributed by atoms with Gasteiger partial charge in [-0.1, -0.05) is 0 Å². The molecule has 3 aromatic heterocycles. The Morgan fingerprint density at radius 1 is 1.14 bits per heavy atom. The Hall–Kier alpha value is -3.82. The number of rotatable bonds is 2. The van der Waals surface area contributed by atoms with Crippen LogP contribution in [0.25, 0.3) is 5.52 Å². The molecule has 3 amide bonds. The van der Waals surface area contributed by atoms with Gasteiger partial charge in [-0.25, -0.2) is 19.1 Å². The summed E-state index contributed by atoms with van der Waals surface area (Å²) in [5.74, 6) is 0.691. The van der Waals surface area contributed by atoms with Crippen LogP contribution in [-0.2, 0) is 11.2 Å². The average Bonchev–Trinajstić information content (AvgIpc) is 3.40. The van der Waals surface area contributed by atoms with E-state index in [-0.39, 0.29) is 18.2 Å². The van der Waals surface area contributed by atoms with Gasteiger partial charge in [-0.05, 0) is 71.7 Å². The largest absolute Gasteiger partial charge is 0.444 e. The maximum absolute atomic E-state index is 13.3. The molecule has 10 nitrogen and oxygen atoms in total. The first-order chi connectivity index (χ1) is 17.5. The van der Waals surface area contributed by atoms with Crippen LogP contribution >= 0.6 is 0 Å². The van der Waals surface area contributed by atoms with Gasteiger partial charge in [0.15, 0.2) is 0 Å². The number of amides is 3. The van der Waals surface area contributed by atoms with Crippen LogP contribution in [-0.4, -0.2) is 69.4 Å². The minimum absolute atomic E-state index is 0.00158. The third-order valence-electron chi connectivity index (χ3n) is 6.85. The van der Waals surface area contributed by atoms with Crippen molar-refractivity contribution in [1.82, 2.24) is 19.5 Å². The first-order valence-corrected chi connectivity index (χ1v) is 12.8. The predicted octanol–water partition coefficient (Wildman–Crippen LogP) is 4.39. The zero-order valence-electron chi connectivity index (χ0n) is 22.4. The van der Waals surface area contributed by atoms with E-state index in [1.54, 1.807) is 16.0 Å². The fourth-order valence-corrected chi connectivity index (χ4v) is 5.12. The van der Waals surface area contributed by atoms with Crippen molar-refractivity contribution in [3.05, 3.63) is 47.4 Å². The number of hydrogen-bond donors (Lipinski definition) is 1. The molecule has 5 heterocycles. The van der Waals surface area contributed by atoms with Crippen LogP contribution < -0.4 is 15.1 Å². The third kappa shape index (κ3) is 4.92. The highest BCUT2D eigenvalue weighted by Crippen LogP contribution is 2.35. The van der Waals surface area contributed by atoms with Gasteiger partial charge in [-0.15, -0.1) is 0 Å². The molecule has 1 saturated heterocycles. The van der Waals surface area contributed by atoms with E-state index in [2.05, 4.69) is 20.3 Å². The van der Waals surface area contributed by atoms with E-state index in [9.17, 15) is 9.59 Å². The fourth-order valence-electron chi connectivity index (χ4n) is 5.12. The molecule has 0 spiro atoms. The highest BCUT2D eigenvalue weighted by atomic mass is 16.6. The van der Waals surface area contributed by atoms with Crippen LogP contribution in [0.4, 0.5) is 26.8 Å². The second-order valence-corrected chi connectivity index (χ2v) is 11.0. The van der Waals surface area contributed by atoms with Crippen LogP contribution in [0.5, 0.6) is 0 Å². The van der Waals surface area contributed by atoms with Gasteiger partial charge in [-0.3, -0.25) is 4.90 Å². The number of anilines is 3. The molecule has 0 saturated carbocycles. The molecule has 0 aliphatic carbocycles. The quantitative estimate of drug-likeness (QED) is 0.555. The van der Waals surface area contributed by atoms with Crippen molar-refractivity contribution in [3.63, 3.8) is 0 Å². The van der Waals surface area contributed by atoms with E-state index in [0.29, 0.717) is 32.0 Å². The molecule has 0 bridgehead atoms. The first kappa shape index (κ1) is 24.9. The van der Waals surface area contributed by atoms with Gasteiger partial charge >= 0.3 is 12.1 Å². The number of aromatic nitrogens is 3. The lowest BCUT2D eigenvalue weighted by Crippen LogP contribution is -2.55. The Morgan fingerprint density at radius 3 is 2.65 bits per heavy atom. The van der Waals surface area contributed by atoms with Crippen molar-refractivity contribution in [1.29, 1.82) is 0 Å². The molecule has 1 N–H and O–H groups in total. The number of piperazine rings is 1. The molecule has 1 fully saturated rings. The summed E-state index contributed by atoms with van der Waals surface area (Å²) in [6.07, 6.45) is 4.13. The molecular weight excluding hydrogens is 470 g/mol. The fraction of sp³-hybridized carbons (Fsp3) is 0.481. The number of urea groups is 1. The summed E-state index contributed by atoms with van der Waals surface area (Å²) >= 11 is 0. The second-order valence-electron chi connectivity index (χ2n) is 11.0. The van der Waals surface area contributed by atoms with E-state index < -0.39 is 5.60 Å². The van der Waals surface area contributed by atoms with Crippen LogP contribution in [0.15, 0.2) is 30.6 Å². The number of pyridine rings is 2. The summed E-state index contributed by atoms with van der Waals surface area (Å²) in [5.41, 5.74) is 5.16. The number of aryl methyl sites for hydroxylation is 2. The molecule has 0 aromatic carbocycles. The summed E-state index contributed by atoms with van der Waals surface area (Å²) in [7, 11) is 0. The van der Waals surface area contributed by atoms with Gasteiger partial charge in [0.05, 0.1) is 11.2 Å². The number of hydrogen-bond acceptors (Lipinski definition) is 6. The highest BCUT2D eigenvalue weighted by Gasteiger charge is 2.34. The van der Waals surface area contributed by atoms with E-state index in [1.165, 1.54) is 0 Å². The third-order valence-corrected chi connectivity index (χ3v) is 6.85. The number of carbonyl (C=O) groups excluding carboxylic acids is 2. The van der Waals surface area contributed by atoms with Crippen molar-refractivity contribution in [2.24, 2.45) is 0 Å². The zero-order valence-corrected chi connectivity index (χ0v) is 22.4. The van der Waals surface area contributed by atoms with Gasteiger partial charge in [0.2, 0.25) is 0 Å². The van der Waals surface area contributed by atoms with Crippen molar-refractivity contribution >= 4 is 34.8 Å². The lowest BCUT2D eigenvalue weighted by Gasteiger charge is -2.41. The Kier molecular flexibility index (Phi) is 6.21. The molecule has 0 unspecified atom stereocenters. The Morgan fingerprint density at radius 2 is 1.92 bits per heavy atom. The zero-order chi connectivity index (χ0) is 26.5. The van der Waals surface area contributed by atoms with Crippen LogP contribution in [0.2, 0.25) is 0 Å². The molecule has 3 aromatic rings. The van der Waals surface area contributed by atoms with Crippen LogP contribution in [0, 0.1) is 13.8 Å². The maximum Gasteiger partial charge on any atom is 0.410 e. The molecule has 2 aliphatic rings. The molecule has 2 aliphatic heterocycles. The van der Waals surface area contributed by atoms with E-state index in [0.717, 1.165) is 40.1 Å². The maximum atomic E-state index is 13.3. The average molecular weight is 506 g/mol.